The van der Waals surface area contributed by atoms with Gasteiger partial charge in [-0.15, -0.1) is 0 Å². The quantitative estimate of drug-likeness (QED) is 0.0261. The van der Waals surface area contributed by atoms with Gasteiger partial charge in [0.05, 0.1) is 0 Å². The Morgan fingerprint density at radius 2 is 0.534 bits per heavy atom. The summed E-state index contributed by atoms with van der Waals surface area (Å²) in [7, 11) is 0. The average Bonchev–Trinajstić information content (AvgIpc) is 3.39. The molecule has 0 fully saturated rings. The molecule has 1 unspecified atom stereocenters. The molecule has 1 atom stereocenters. The summed E-state index contributed by atoms with van der Waals surface area (Å²) in [6.45, 7) is 6.29. The molecule has 0 aromatic heterocycles. The van der Waals surface area contributed by atoms with Gasteiger partial charge in [0, 0.05) is 19.3 Å². The third-order valence-electron chi connectivity index (χ3n) is 11.8. The first kappa shape index (κ1) is 68.3. The summed E-state index contributed by atoms with van der Waals surface area (Å²) in [4.78, 5) is 38.2. The number of carbonyl (C=O) groups is 3. The third-order valence-corrected chi connectivity index (χ3v) is 11.8. The summed E-state index contributed by atoms with van der Waals surface area (Å²) in [5, 5.41) is 0. The second-order valence-electron chi connectivity index (χ2n) is 18.8. The maximum Gasteiger partial charge on any atom is 0.306 e. The van der Waals surface area contributed by atoms with Gasteiger partial charge in [-0.3, -0.25) is 14.4 Å². The van der Waals surface area contributed by atoms with Crippen LogP contribution in [0.25, 0.3) is 0 Å². The number of ether oxygens (including phenoxy) is 3. The summed E-state index contributed by atoms with van der Waals surface area (Å²) >= 11 is 0. The lowest BCUT2D eigenvalue weighted by atomic mass is 10.1. The Kier molecular flexibility index (Phi) is 56.0. The van der Waals surface area contributed by atoms with Gasteiger partial charge in [-0.1, -0.05) is 231 Å². The van der Waals surface area contributed by atoms with Crippen molar-refractivity contribution in [1.82, 2.24) is 0 Å². The molecule has 6 heteroatoms. The first-order valence-electron chi connectivity index (χ1n) is 29.3. The van der Waals surface area contributed by atoms with Crippen molar-refractivity contribution in [3.63, 3.8) is 0 Å². The van der Waals surface area contributed by atoms with E-state index in [1.807, 2.05) is 0 Å². The van der Waals surface area contributed by atoms with Crippen molar-refractivity contribution in [2.75, 3.05) is 13.2 Å². The summed E-state index contributed by atoms with van der Waals surface area (Å²) in [5.41, 5.74) is 0. The zero-order chi connectivity index (χ0) is 52.9. The lowest BCUT2D eigenvalue weighted by Gasteiger charge is -2.18. The van der Waals surface area contributed by atoms with E-state index >= 15 is 0 Å². The topological polar surface area (TPSA) is 78.9 Å². The molecule has 0 saturated carbocycles. The highest BCUT2D eigenvalue weighted by molar-refractivity contribution is 5.71. The maximum absolute atomic E-state index is 12.9. The van der Waals surface area contributed by atoms with E-state index in [1.165, 1.54) is 32.1 Å². The van der Waals surface area contributed by atoms with Gasteiger partial charge in [-0.25, -0.2) is 0 Å². The molecule has 0 rings (SSSR count). The van der Waals surface area contributed by atoms with E-state index in [-0.39, 0.29) is 37.5 Å². The standard InChI is InChI=1S/C67H106O6/c1-4-7-10-13-16-19-22-25-27-29-31-32-33-34-36-37-39-42-45-48-51-54-57-60-66(69)72-63-64(62-71-65(68)59-56-53-50-47-44-41-24-21-18-15-12-9-6-3)73-67(70)61-58-55-52-49-46-43-40-38-35-30-28-26-23-20-17-14-11-8-5-2/h7-8,10-12,15-17,19-21,24-28,31-32,34-36,38,43,46,64H,4-6,9,13-14,18,22-23,29-30,33,37,39-42,44-45,47-63H2,1-3H3/b10-7-,11-8-,15-12-,19-16-,20-17-,24-21-,27-25-,28-26-,32-31-,36-34-,38-35-,46-43-. The summed E-state index contributed by atoms with van der Waals surface area (Å²) in [6, 6.07) is 0. The van der Waals surface area contributed by atoms with Gasteiger partial charge in [0.25, 0.3) is 0 Å². The summed E-state index contributed by atoms with van der Waals surface area (Å²) in [5.74, 6) is -0.970. The molecule has 0 aliphatic carbocycles. The van der Waals surface area contributed by atoms with E-state index in [2.05, 4.69) is 167 Å². The molecule has 0 amide bonds. The number of carbonyl (C=O) groups excluding carboxylic acids is 3. The molecule has 0 bridgehead atoms. The normalized spacial score (nSPS) is 13.2. The van der Waals surface area contributed by atoms with Crippen LogP contribution in [0.1, 0.15) is 239 Å². The fourth-order valence-electron chi connectivity index (χ4n) is 7.47. The number of hydrogen-bond acceptors (Lipinski definition) is 6. The Morgan fingerprint density at radius 3 is 0.849 bits per heavy atom. The molecular weight excluding hydrogens is 901 g/mol. The molecule has 0 radical (unpaired) electrons. The lowest BCUT2D eigenvalue weighted by Crippen LogP contribution is -2.30. The summed E-state index contributed by atoms with van der Waals surface area (Å²) < 4.78 is 16.8. The van der Waals surface area contributed by atoms with Crippen molar-refractivity contribution in [3.05, 3.63) is 146 Å². The Balaban J connectivity index is 4.47. The Labute approximate surface area is 448 Å². The van der Waals surface area contributed by atoms with E-state index in [9.17, 15) is 14.4 Å². The largest absolute Gasteiger partial charge is 0.462 e. The van der Waals surface area contributed by atoms with Crippen LogP contribution in [-0.4, -0.2) is 37.2 Å². The molecule has 0 spiro atoms. The molecule has 0 N–H and O–H groups in total. The van der Waals surface area contributed by atoms with Crippen molar-refractivity contribution < 1.29 is 28.6 Å². The predicted octanol–water partition coefficient (Wildman–Crippen LogP) is 20.0. The van der Waals surface area contributed by atoms with Crippen LogP contribution in [0.5, 0.6) is 0 Å². The molecule has 6 nitrogen and oxygen atoms in total. The minimum absolute atomic E-state index is 0.108. The molecule has 0 aromatic carbocycles. The minimum Gasteiger partial charge on any atom is -0.462 e. The average molecular weight is 1010 g/mol. The first-order valence-corrected chi connectivity index (χ1v) is 29.3. The molecule has 0 aliphatic heterocycles. The summed E-state index contributed by atoms with van der Waals surface area (Å²) in [6.07, 6.45) is 85.5. The number of allylic oxidation sites excluding steroid dienone is 24. The van der Waals surface area contributed by atoms with Gasteiger partial charge in [-0.05, 0) is 135 Å². The van der Waals surface area contributed by atoms with Crippen molar-refractivity contribution >= 4 is 17.9 Å². The molecule has 0 aliphatic rings. The minimum atomic E-state index is -0.813. The molecule has 410 valence electrons. The van der Waals surface area contributed by atoms with Gasteiger partial charge >= 0.3 is 17.9 Å². The maximum atomic E-state index is 12.9. The van der Waals surface area contributed by atoms with Crippen LogP contribution in [-0.2, 0) is 28.6 Å². The molecule has 73 heavy (non-hydrogen) atoms. The van der Waals surface area contributed by atoms with Crippen LogP contribution in [0.3, 0.4) is 0 Å². The van der Waals surface area contributed by atoms with E-state index in [4.69, 9.17) is 14.2 Å². The Bertz CT molecular complexity index is 1630. The smallest absolute Gasteiger partial charge is 0.306 e. The second kappa shape index (κ2) is 59.8. The van der Waals surface area contributed by atoms with Crippen molar-refractivity contribution in [2.45, 2.75) is 245 Å². The zero-order valence-electron chi connectivity index (χ0n) is 46.8. The monoisotopic (exact) mass is 1010 g/mol. The second-order valence-corrected chi connectivity index (χ2v) is 18.8. The highest BCUT2D eigenvalue weighted by Gasteiger charge is 2.19. The fraction of sp³-hybridized carbons (Fsp3) is 0.597. The van der Waals surface area contributed by atoms with Crippen LogP contribution in [0, 0.1) is 0 Å². The van der Waals surface area contributed by atoms with E-state index in [1.54, 1.807) is 0 Å². The number of esters is 3. The van der Waals surface area contributed by atoms with Crippen LogP contribution in [0.2, 0.25) is 0 Å². The highest BCUT2D eigenvalue weighted by atomic mass is 16.6. The molecule has 0 heterocycles. The van der Waals surface area contributed by atoms with Gasteiger partial charge in [0.15, 0.2) is 6.10 Å². The molecule has 0 aromatic rings. The number of unbranched alkanes of at least 4 members (excludes halogenated alkanes) is 16. The highest BCUT2D eigenvalue weighted by Crippen LogP contribution is 2.13. The van der Waals surface area contributed by atoms with E-state index < -0.39 is 6.10 Å². The SMILES string of the molecule is CC/C=C\C/C=C\C/C=C\C/C=C\C/C=C\CCCCCCCCCC(=O)OCC(COC(=O)CCCCCCC/C=C\C/C=C\CCC)OC(=O)CCCCC/C=C\C/C=C\C/C=C\C/C=C\C/C=C\CC. The van der Waals surface area contributed by atoms with Crippen LogP contribution < -0.4 is 0 Å². The van der Waals surface area contributed by atoms with E-state index in [0.29, 0.717) is 19.3 Å². The zero-order valence-corrected chi connectivity index (χ0v) is 46.8. The van der Waals surface area contributed by atoms with Crippen LogP contribution in [0.4, 0.5) is 0 Å². The van der Waals surface area contributed by atoms with E-state index in [0.717, 1.165) is 161 Å². The van der Waals surface area contributed by atoms with Gasteiger partial charge in [-0.2, -0.15) is 0 Å². The van der Waals surface area contributed by atoms with Crippen LogP contribution >= 0.6 is 0 Å². The van der Waals surface area contributed by atoms with Gasteiger partial charge < -0.3 is 14.2 Å². The van der Waals surface area contributed by atoms with Crippen molar-refractivity contribution in [3.8, 4) is 0 Å². The fourth-order valence-corrected chi connectivity index (χ4v) is 7.47. The third kappa shape index (κ3) is 58.1. The van der Waals surface area contributed by atoms with Crippen LogP contribution in [0.15, 0.2) is 146 Å². The van der Waals surface area contributed by atoms with Gasteiger partial charge in [0.1, 0.15) is 13.2 Å². The lowest BCUT2D eigenvalue weighted by molar-refractivity contribution is -0.167. The molecular formula is C67H106O6. The predicted molar refractivity (Wildman–Crippen MR) is 315 cm³/mol. The Morgan fingerprint density at radius 1 is 0.288 bits per heavy atom. The number of rotatable bonds is 51. The Hall–Kier alpha value is -4.71. The number of hydrogen-bond donors (Lipinski definition) is 0. The van der Waals surface area contributed by atoms with Crippen molar-refractivity contribution in [1.29, 1.82) is 0 Å². The molecule has 0 saturated heterocycles. The first-order chi connectivity index (χ1) is 36.0. The van der Waals surface area contributed by atoms with Gasteiger partial charge in [0.2, 0.25) is 0 Å². The van der Waals surface area contributed by atoms with Crippen molar-refractivity contribution in [2.24, 2.45) is 0 Å².